The molecule has 0 unspecified atom stereocenters. The predicted octanol–water partition coefficient (Wildman–Crippen LogP) is 3.56. The Kier molecular flexibility index (Phi) is 2.42. The second kappa shape index (κ2) is 4.46. The van der Waals surface area contributed by atoms with Gasteiger partial charge in [-0.05, 0) is 29.8 Å². The van der Waals surface area contributed by atoms with Crippen LogP contribution in [0.25, 0.3) is 33.4 Å². The highest BCUT2D eigenvalue weighted by atomic mass is 15.3. The average molecular weight is 301 g/mol. The molecule has 5 rings (SSSR count). The number of aromatic nitrogens is 4. The number of aromatic amines is 1. The van der Waals surface area contributed by atoms with Crippen LogP contribution >= 0.6 is 0 Å². The van der Waals surface area contributed by atoms with Gasteiger partial charge in [-0.1, -0.05) is 12.1 Å². The third kappa shape index (κ3) is 1.80. The summed E-state index contributed by atoms with van der Waals surface area (Å²) in [5, 5.41) is 8.96. The van der Waals surface area contributed by atoms with E-state index >= 15 is 0 Å². The maximum Gasteiger partial charge on any atom is 0.113 e. The minimum absolute atomic E-state index is 0.803. The van der Waals surface area contributed by atoms with Gasteiger partial charge in [0.05, 0.1) is 17.4 Å². The van der Waals surface area contributed by atoms with Gasteiger partial charge in [-0.25, -0.2) is 0 Å². The van der Waals surface area contributed by atoms with Gasteiger partial charge in [-0.2, -0.15) is 5.10 Å². The molecule has 5 nitrogen and oxygen atoms in total. The number of hydrogen-bond acceptors (Lipinski definition) is 3. The van der Waals surface area contributed by atoms with E-state index in [0.29, 0.717) is 0 Å². The first kappa shape index (κ1) is 12.5. The van der Waals surface area contributed by atoms with Gasteiger partial charge in [0, 0.05) is 42.0 Å². The first-order valence-corrected chi connectivity index (χ1v) is 7.63. The lowest BCUT2D eigenvalue weighted by molar-refractivity contribution is 0.775. The van der Waals surface area contributed by atoms with Crippen LogP contribution in [0.5, 0.6) is 0 Å². The van der Waals surface area contributed by atoms with Crippen LogP contribution in [0.3, 0.4) is 0 Å². The number of anilines is 1. The maximum atomic E-state index is 4.38. The number of aryl methyl sites for hydroxylation is 1. The van der Waals surface area contributed by atoms with Crippen LogP contribution in [-0.4, -0.2) is 19.7 Å². The predicted molar refractivity (Wildman–Crippen MR) is 91.1 cm³/mol. The smallest absolute Gasteiger partial charge is 0.113 e. The molecule has 3 aromatic heterocycles. The SMILES string of the molecule is Cn1ncc2c1-c1cc(-c3ccc4ncccc4c3)[nH]c1NC2. The summed E-state index contributed by atoms with van der Waals surface area (Å²) in [5.74, 6) is 1.06. The monoisotopic (exact) mass is 301 g/mol. The molecule has 0 spiro atoms. The highest BCUT2D eigenvalue weighted by Gasteiger charge is 2.22. The molecule has 4 aromatic rings. The third-order valence-electron chi connectivity index (χ3n) is 4.46. The van der Waals surface area contributed by atoms with Crippen molar-refractivity contribution in [3.05, 3.63) is 54.4 Å². The van der Waals surface area contributed by atoms with Gasteiger partial charge in [-0.15, -0.1) is 0 Å². The molecular weight excluding hydrogens is 286 g/mol. The molecule has 0 saturated carbocycles. The largest absolute Gasteiger partial charge is 0.367 e. The average Bonchev–Trinajstić information content (AvgIpc) is 3.18. The van der Waals surface area contributed by atoms with Crippen molar-refractivity contribution in [3.63, 3.8) is 0 Å². The molecule has 5 heteroatoms. The number of benzene rings is 1. The molecule has 2 N–H and O–H groups in total. The molecule has 0 saturated heterocycles. The summed E-state index contributed by atoms with van der Waals surface area (Å²) in [6.07, 6.45) is 3.75. The van der Waals surface area contributed by atoms with Gasteiger partial charge >= 0.3 is 0 Å². The van der Waals surface area contributed by atoms with Gasteiger partial charge in [0.15, 0.2) is 0 Å². The van der Waals surface area contributed by atoms with Crippen molar-refractivity contribution in [1.82, 2.24) is 19.7 Å². The Morgan fingerprint density at radius 2 is 2.13 bits per heavy atom. The van der Waals surface area contributed by atoms with Crippen molar-refractivity contribution in [2.45, 2.75) is 6.54 Å². The van der Waals surface area contributed by atoms with Gasteiger partial charge in [-0.3, -0.25) is 9.67 Å². The van der Waals surface area contributed by atoms with Crippen LogP contribution in [0.4, 0.5) is 5.82 Å². The van der Waals surface area contributed by atoms with Crippen LogP contribution in [0, 0.1) is 0 Å². The molecule has 0 fully saturated rings. The highest BCUT2D eigenvalue weighted by molar-refractivity contribution is 5.88. The summed E-state index contributed by atoms with van der Waals surface area (Å²) in [5.41, 5.74) is 6.86. The zero-order valence-electron chi connectivity index (χ0n) is 12.7. The zero-order valence-corrected chi connectivity index (χ0v) is 12.7. The standard InChI is InChI=1S/C18H15N5/c1-23-17-13(10-21-23)9-20-18-14(17)8-16(22-18)12-4-5-15-11(7-12)3-2-6-19-15/h2-8,10,20,22H,9H2,1H3. The van der Waals surface area contributed by atoms with E-state index in [1.807, 2.05) is 30.2 Å². The molecular formula is C18H15N5. The summed E-state index contributed by atoms with van der Waals surface area (Å²) in [6, 6.07) is 12.6. The number of H-pyrrole nitrogens is 1. The van der Waals surface area contributed by atoms with Crippen molar-refractivity contribution in [1.29, 1.82) is 0 Å². The van der Waals surface area contributed by atoms with E-state index in [4.69, 9.17) is 0 Å². The number of pyridine rings is 1. The molecule has 1 aliphatic heterocycles. The van der Waals surface area contributed by atoms with E-state index in [2.05, 4.69) is 50.7 Å². The highest BCUT2D eigenvalue weighted by Crippen LogP contribution is 2.38. The Bertz CT molecular complexity index is 1040. The van der Waals surface area contributed by atoms with E-state index in [-0.39, 0.29) is 0 Å². The molecule has 0 radical (unpaired) electrons. The van der Waals surface area contributed by atoms with Crippen LogP contribution in [-0.2, 0) is 13.6 Å². The fraction of sp³-hybridized carbons (Fsp3) is 0.111. The molecule has 0 amide bonds. The Labute approximate surface area is 133 Å². The molecule has 23 heavy (non-hydrogen) atoms. The van der Waals surface area contributed by atoms with E-state index < -0.39 is 0 Å². The lowest BCUT2D eigenvalue weighted by atomic mass is 10.0. The van der Waals surface area contributed by atoms with Crippen molar-refractivity contribution in [2.24, 2.45) is 7.05 Å². The molecule has 1 aromatic carbocycles. The number of nitrogens with zero attached hydrogens (tertiary/aromatic N) is 3. The minimum Gasteiger partial charge on any atom is -0.367 e. The fourth-order valence-electron chi connectivity index (χ4n) is 3.32. The Morgan fingerprint density at radius 3 is 3.09 bits per heavy atom. The van der Waals surface area contributed by atoms with Crippen molar-refractivity contribution in [3.8, 4) is 22.5 Å². The maximum absolute atomic E-state index is 4.38. The summed E-state index contributed by atoms with van der Waals surface area (Å²) >= 11 is 0. The summed E-state index contributed by atoms with van der Waals surface area (Å²) in [6.45, 7) is 0.803. The van der Waals surface area contributed by atoms with Crippen LogP contribution in [0.1, 0.15) is 5.56 Å². The Hall–Kier alpha value is -3.08. The topological polar surface area (TPSA) is 58.5 Å². The molecule has 1 aliphatic rings. The van der Waals surface area contributed by atoms with Crippen LogP contribution in [0.2, 0.25) is 0 Å². The van der Waals surface area contributed by atoms with Gasteiger partial charge in [0.1, 0.15) is 5.82 Å². The van der Waals surface area contributed by atoms with Gasteiger partial charge in [0.25, 0.3) is 0 Å². The van der Waals surface area contributed by atoms with Gasteiger partial charge < -0.3 is 10.3 Å². The minimum atomic E-state index is 0.803. The number of fused-ring (bicyclic) bond motifs is 4. The Morgan fingerprint density at radius 1 is 1.17 bits per heavy atom. The number of hydrogen-bond donors (Lipinski definition) is 2. The summed E-state index contributed by atoms with van der Waals surface area (Å²) < 4.78 is 1.94. The molecule has 0 aliphatic carbocycles. The van der Waals surface area contributed by atoms with Crippen molar-refractivity contribution >= 4 is 16.7 Å². The second-order valence-electron chi connectivity index (χ2n) is 5.88. The zero-order chi connectivity index (χ0) is 15.4. The fourth-order valence-corrected chi connectivity index (χ4v) is 3.32. The summed E-state index contributed by atoms with van der Waals surface area (Å²) in [7, 11) is 1.99. The first-order chi connectivity index (χ1) is 11.3. The van der Waals surface area contributed by atoms with Crippen LogP contribution < -0.4 is 5.32 Å². The lowest BCUT2D eigenvalue weighted by Gasteiger charge is -2.14. The van der Waals surface area contributed by atoms with Crippen molar-refractivity contribution in [2.75, 3.05) is 5.32 Å². The summed E-state index contributed by atoms with van der Waals surface area (Å²) in [4.78, 5) is 7.88. The normalized spacial score (nSPS) is 12.7. The third-order valence-corrected chi connectivity index (χ3v) is 4.46. The molecule has 0 bridgehead atoms. The Balaban J connectivity index is 1.68. The van der Waals surface area contributed by atoms with Gasteiger partial charge in [0.2, 0.25) is 0 Å². The van der Waals surface area contributed by atoms with E-state index in [0.717, 1.165) is 34.5 Å². The number of nitrogens with one attached hydrogen (secondary N) is 2. The number of rotatable bonds is 1. The van der Waals surface area contributed by atoms with E-state index in [1.54, 1.807) is 0 Å². The molecule has 4 heterocycles. The lowest BCUT2D eigenvalue weighted by Crippen LogP contribution is -2.08. The van der Waals surface area contributed by atoms with Crippen LogP contribution in [0.15, 0.2) is 48.8 Å². The second-order valence-corrected chi connectivity index (χ2v) is 5.88. The van der Waals surface area contributed by atoms with Crippen molar-refractivity contribution < 1.29 is 0 Å². The first-order valence-electron chi connectivity index (χ1n) is 7.63. The molecule has 112 valence electrons. The molecule has 0 atom stereocenters. The van der Waals surface area contributed by atoms with E-state index in [9.17, 15) is 0 Å². The van der Waals surface area contributed by atoms with E-state index in [1.165, 1.54) is 16.8 Å². The quantitative estimate of drug-likeness (QED) is 0.565.